The zero-order chi connectivity index (χ0) is 15.2. The van der Waals surface area contributed by atoms with Gasteiger partial charge >= 0.3 is 0 Å². The van der Waals surface area contributed by atoms with Gasteiger partial charge in [0.25, 0.3) is 0 Å². The minimum atomic E-state index is 0.530. The zero-order valence-electron chi connectivity index (χ0n) is 13.3. The second-order valence-electron chi connectivity index (χ2n) is 6.80. The maximum Gasteiger partial charge on any atom is 0.166 e. The molecule has 3 nitrogen and oxygen atoms in total. The van der Waals surface area contributed by atoms with Crippen LogP contribution in [0.25, 0.3) is 0 Å². The molecule has 1 saturated carbocycles. The highest BCUT2D eigenvalue weighted by atomic mass is 32.1. The van der Waals surface area contributed by atoms with E-state index in [9.17, 15) is 0 Å². The monoisotopic (exact) mass is 318 g/mol. The summed E-state index contributed by atoms with van der Waals surface area (Å²) in [6, 6.07) is 11.9. The third-order valence-corrected chi connectivity index (χ3v) is 5.19. The van der Waals surface area contributed by atoms with Crippen molar-refractivity contribution in [1.82, 2.24) is 10.6 Å². The Labute approximate surface area is 139 Å². The molecule has 2 aliphatic rings. The van der Waals surface area contributed by atoms with Crippen LogP contribution in [0, 0.1) is 0 Å². The van der Waals surface area contributed by atoms with E-state index in [-0.39, 0.29) is 0 Å². The molecule has 0 radical (unpaired) electrons. The summed E-state index contributed by atoms with van der Waals surface area (Å²) in [4.78, 5) is 1.66. The molecule has 3 N–H and O–H groups in total. The first-order valence-corrected chi connectivity index (χ1v) is 9.15. The molecule has 120 valence electrons. The Morgan fingerprint density at radius 3 is 2.50 bits per heavy atom. The highest BCUT2D eigenvalue weighted by Crippen LogP contribution is 2.17. The van der Waals surface area contributed by atoms with Crippen molar-refractivity contribution in [2.75, 3.05) is 13.1 Å². The Morgan fingerprint density at radius 2 is 1.73 bits per heavy atom. The standard InChI is InChI=1S/C18H27N3S/c22-18(19-16-9-5-2-6-10-16)20-17-11-12-21(14-17)13-15-7-3-1-4-8-15/h1,3-4,7-8,16-17H,2,5-6,9-14H2,(H2,19,20,22)/p+1/t17-/m0/s1. The van der Waals surface area contributed by atoms with E-state index < -0.39 is 0 Å². The molecule has 0 spiro atoms. The molecule has 2 fully saturated rings. The molecule has 0 aromatic heterocycles. The lowest BCUT2D eigenvalue weighted by Gasteiger charge is -2.25. The van der Waals surface area contributed by atoms with E-state index in [1.165, 1.54) is 57.2 Å². The van der Waals surface area contributed by atoms with Gasteiger partial charge in [0.05, 0.1) is 19.1 Å². The minimum absolute atomic E-state index is 0.530. The van der Waals surface area contributed by atoms with Crippen LogP contribution in [0.1, 0.15) is 44.1 Å². The van der Waals surface area contributed by atoms with Crippen LogP contribution in [0.5, 0.6) is 0 Å². The Bertz CT molecular complexity index is 470. The summed E-state index contributed by atoms with van der Waals surface area (Å²) in [5, 5.41) is 7.94. The fraction of sp³-hybridized carbons (Fsp3) is 0.611. The molecule has 1 unspecified atom stereocenters. The number of thiocarbonyl (C=S) groups is 1. The first kappa shape index (κ1) is 15.8. The average molecular weight is 319 g/mol. The van der Waals surface area contributed by atoms with Gasteiger partial charge in [-0.3, -0.25) is 0 Å². The molecule has 2 atom stereocenters. The van der Waals surface area contributed by atoms with Gasteiger partial charge in [0, 0.05) is 18.0 Å². The van der Waals surface area contributed by atoms with Gasteiger partial charge in [-0.25, -0.2) is 0 Å². The van der Waals surface area contributed by atoms with Crippen LogP contribution in [0.4, 0.5) is 0 Å². The Kier molecular flexibility index (Phi) is 5.68. The molecule has 3 rings (SSSR count). The highest BCUT2D eigenvalue weighted by molar-refractivity contribution is 7.80. The molecule has 1 heterocycles. The summed E-state index contributed by atoms with van der Waals surface area (Å²) in [5.74, 6) is 0. The molecule has 4 heteroatoms. The second-order valence-corrected chi connectivity index (χ2v) is 7.21. The van der Waals surface area contributed by atoms with Crippen molar-refractivity contribution in [3.05, 3.63) is 35.9 Å². The van der Waals surface area contributed by atoms with Crippen molar-refractivity contribution in [3.8, 4) is 0 Å². The van der Waals surface area contributed by atoms with E-state index in [2.05, 4.69) is 41.0 Å². The molecular formula is C18H28N3S+. The second kappa shape index (κ2) is 7.93. The van der Waals surface area contributed by atoms with Crippen LogP contribution in [0.3, 0.4) is 0 Å². The number of hydrogen-bond acceptors (Lipinski definition) is 1. The van der Waals surface area contributed by atoms with Crippen molar-refractivity contribution in [2.24, 2.45) is 0 Å². The van der Waals surface area contributed by atoms with Gasteiger partial charge in [0.15, 0.2) is 5.11 Å². The predicted molar refractivity (Wildman–Crippen MR) is 95.0 cm³/mol. The average Bonchev–Trinajstić information content (AvgIpc) is 2.96. The number of benzene rings is 1. The summed E-state index contributed by atoms with van der Waals surface area (Å²) in [6.45, 7) is 3.53. The van der Waals surface area contributed by atoms with Gasteiger partial charge < -0.3 is 15.5 Å². The van der Waals surface area contributed by atoms with E-state index in [0.29, 0.717) is 12.1 Å². The topological polar surface area (TPSA) is 28.5 Å². The number of rotatable bonds is 4. The first-order valence-electron chi connectivity index (χ1n) is 8.74. The first-order chi connectivity index (χ1) is 10.8. The molecule has 0 bridgehead atoms. The molecule has 1 aliphatic carbocycles. The molecule has 1 saturated heterocycles. The lowest BCUT2D eigenvalue weighted by atomic mass is 9.96. The van der Waals surface area contributed by atoms with Crippen LogP contribution in [-0.2, 0) is 6.54 Å². The Morgan fingerprint density at radius 1 is 1.00 bits per heavy atom. The van der Waals surface area contributed by atoms with Gasteiger partial charge in [-0.05, 0) is 25.1 Å². The summed E-state index contributed by atoms with van der Waals surface area (Å²) < 4.78 is 0. The van der Waals surface area contributed by atoms with E-state index in [0.717, 1.165) is 11.7 Å². The Balaban J connectivity index is 1.39. The number of quaternary nitrogens is 1. The van der Waals surface area contributed by atoms with Crippen molar-refractivity contribution in [3.63, 3.8) is 0 Å². The molecular weight excluding hydrogens is 290 g/mol. The number of hydrogen-bond donors (Lipinski definition) is 3. The van der Waals surface area contributed by atoms with Gasteiger partial charge in [0.2, 0.25) is 0 Å². The van der Waals surface area contributed by atoms with E-state index in [1.54, 1.807) is 4.90 Å². The van der Waals surface area contributed by atoms with E-state index in [4.69, 9.17) is 12.2 Å². The smallest absolute Gasteiger partial charge is 0.166 e. The van der Waals surface area contributed by atoms with Crippen molar-refractivity contribution < 1.29 is 4.90 Å². The van der Waals surface area contributed by atoms with Crippen LogP contribution in [0.2, 0.25) is 0 Å². The number of nitrogens with one attached hydrogen (secondary N) is 3. The van der Waals surface area contributed by atoms with Crippen molar-refractivity contribution in [1.29, 1.82) is 0 Å². The lowest BCUT2D eigenvalue weighted by Crippen LogP contribution is -3.09. The summed E-state index contributed by atoms with van der Waals surface area (Å²) in [7, 11) is 0. The SMILES string of the molecule is S=C(NC1CCCCC1)N[C@H]1CC[NH+](Cc2ccccc2)C1. The Hall–Kier alpha value is -1.13. The lowest BCUT2D eigenvalue weighted by molar-refractivity contribution is -0.901. The van der Waals surface area contributed by atoms with Gasteiger partial charge in [-0.2, -0.15) is 0 Å². The van der Waals surface area contributed by atoms with Crippen molar-refractivity contribution in [2.45, 2.75) is 57.2 Å². The summed E-state index contributed by atoms with van der Waals surface area (Å²) in [6.07, 6.45) is 7.85. The molecule has 1 aliphatic heterocycles. The van der Waals surface area contributed by atoms with Crippen LogP contribution < -0.4 is 15.5 Å². The normalized spacial score (nSPS) is 25.8. The maximum atomic E-state index is 5.51. The van der Waals surface area contributed by atoms with E-state index in [1.807, 2.05) is 0 Å². The van der Waals surface area contributed by atoms with Crippen LogP contribution in [-0.4, -0.2) is 30.3 Å². The molecule has 1 aromatic rings. The third kappa shape index (κ3) is 4.68. The quantitative estimate of drug-likeness (QED) is 0.737. The summed E-state index contributed by atoms with van der Waals surface area (Å²) in [5.41, 5.74) is 1.43. The molecule has 1 aromatic carbocycles. The maximum absolute atomic E-state index is 5.51. The van der Waals surface area contributed by atoms with Crippen molar-refractivity contribution >= 4 is 17.3 Å². The molecule has 0 amide bonds. The summed E-state index contributed by atoms with van der Waals surface area (Å²) >= 11 is 5.51. The number of likely N-dealkylation sites (tertiary alicyclic amines) is 1. The highest BCUT2D eigenvalue weighted by Gasteiger charge is 2.27. The molecule has 22 heavy (non-hydrogen) atoms. The van der Waals surface area contributed by atoms with Gasteiger partial charge in [0.1, 0.15) is 6.54 Å². The largest absolute Gasteiger partial charge is 0.360 e. The van der Waals surface area contributed by atoms with Gasteiger partial charge in [-0.1, -0.05) is 49.6 Å². The van der Waals surface area contributed by atoms with Crippen LogP contribution in [0.15, 0.2) is 30.3 Å². The van der Waals surface area contributed by atoms with E-state index >= 15 is 0 Å². The van der Waals surface area contributed by atoms with Crippen LogP contribution >= 0.6 is 12.2 Å². The predicted octanol–water partition coefficient (Wildman–Crippen LogP) is 1.64. The zero-order valence-corrected chi connectivity index (χ0v) is 14.1. The fourth-order valence-electron chi connectivity index (χ4n) is 3.76. The third-order valence-electron chi connectivity index (χ3n) is 4.95. The fourth-order valence-corrected chi connectivity index (χ4v) is 4.09. The van der Waals surface area contributed by atoms with Gasteiger partial charge in [-0.15, -0.1) is 0 Å². The minimum Gasteiger partial charge on any atom is -0.360 e.